The maximum Gasteiger partial charge on any atom is 0.338 e. The van der Waals surface area contributed by atoms with Crippen LogP contribution in [0.2, 0.25) is 0 Å². The van der Waals surface area contributed by atoms with E-state index in [1.54, 1.807) is 65.3 Å². The third-order valence-electron chi connectivity index (χ3n) is 7.54. The summed E-state index contributed by atoms with van der Waals surface area (Å²) in [5.74, 6) is 0.718. The number of carbonyl (C=O) groups is 3. The summed E-state index contributed by atoms with van der Waals surface area (Å²) in [6, 6.07) is 15.3. The summed E-state index contributed by atoms with van der Waals surface area (Å²) in [6.07, 6.45) is 7.92. The molecular weight excluding hydrogens is 618 g/mol. The van der Waals surface area contributed by atoms with E-state index in [9.17, 15) is 14.4 Å². The van der Waals surface area contributed by atoms with Crippen LogP contribution in [0, 0.1) is 12.3 Å². The van der Waals surface area contributed by atoms with Crippen LogP contribution in [0.15, 0.2) is 72.0 Å². The smallest absolute Gasteiger partial charge is 0.338 e. The maximum absolute atomic E-state index is 13.3. The van der Waals surface area contributed by atoms with Gasteiger partial charge in [0.05, 0.1) is 36.5 Å². The topological polar surface area (TPSA) is 180 Å². The van der Waals surface area contributed by atoms with Crippen molar-refractivity contribution in [1.29, 1.82) is 0 Å². The zero-order valence-electron chi connectivity index (χ0n) is 26.7. The molecule has 1 N–H and O–H groups in total. The molecule has 252 valence electrons. The first-order valence-electron chi connectivity index (χ1n) is 15.8. The third kappa shape index (κ3) is 10.7. The van der Waals surface area contributed by atoms with Crippen molar-refractivity contribution in [3.8, 4) is 12.3 Å². The molecule has 1 aliphatic heterocycles. The van der Waals surface area contributed by atoms with E-state index >= 15 is 0 Å². The zero-order chi connectivity index (χ0) is 34.1. The van der Waals surface area contributed by atoms with Crippen molar-refractivity contribution in [2.24, 2.45) is 5.11 Å². The van der Waals surface area contributed by atoms with E-state index in [4.69, 9.17) is 30.9 Å². The van der Waals surface area contributed by atoms with Crippen molar-refractivity contribution >= 4 is 17.8 Å². The van der Waals surface area contributed by atoms with Gasteiger partial charge in [0.1, 0.15) is 12.1 Å². The van der Waals surface area contributed by atoms with Crippen LogP contribution < -0.4 is 5.32 Å². The van der Waals surface area contributed by atoms with Crippen molar-refractivity contribution in [1.82, 2.24) is 20.3 Å². The molecular formula is C34H39N7O7. The van der Waals surface area contributed by atoms with Gasteiger partial charge in [0.2, 0.25) is 5.91 Å². The van der Waals surface area contributed by atoms with Gasteiger partial charge in [-0.3, -0.25) is 4.79 Å². The van der Waals surface area contributed by atoms with Crippen molar-refractivity contribution in [2.75, 3.05) is 13.2 Å². The largest absolute Gasteiger partial charge is 0.452 e. The standard InChI is InChI=1S/C34H39N7O7/c1-3-4-5-6-7-14-19-27-23-41(40-38-27)20-21-45-34-29(37-24(2)42)31(48-33(44)26-17-12-9-13-18-26)30(28(46-34)22-36-39-35)47-32(43)25-15-10-8-11-16-25/h1,8-13,15-18,23,28-31,34H,4-7,14,19-22H2,2H3,(H,37,42)/t28-,29-,30-,31-,34+/m1/s1. The number of nitrogens with one attached hydrogen (secondary N) is 1. The van der Waals surface area contributed by atoms with Gasteiger partial charge in [-0.05, 0) is 49.1 Å². The highest BCUT2D eigenvalue weighted by atomic mass is 16.7. The molecule has 2 heterocycles. The molecule has 1 amide bonds. The molecule has 1 fully saturated rings. The van der Waals surface area contributed by atoms with Gasteiger partial charge < -0.3 is 24.3 Å². The Morgan fingerprint density at radius 3 is 2.27 bits per heavy atom. The first kappa shape index (κ1) is 35.6. The SMILES string of the molecule is C#CCCCCCCc1cn(CCO[C@H]2O[C@H](CN=[N+]=[N-])[C@@H](OC(=O)c3ccccc3)[C@H](OC(=O)c3ccccc3)[C@H]2NC(C)=O)nn1. The molecule has 4 rings (SSSR count). The van der Waals surface area contributed by atoms with Crippen LogP contribution in [-0.4, -0.2) is 76.6 Å². The minimum atomic E-state index is -1.30. The molecule has 0 spiro atoms. The molecule has 2 aromatic carbocycles. The minimum absolute atomic E-state index is 0.0672. The highest BCUT2D eigenvalue weighted by Crippen LogP contribution is 2.29. The average molecular weight is 658 g/mol. The Balaban J connectivity index is 1.53. The molecule has 3 aromatic rings. The summed E-state index contributed by atoms with van der Waals surface area (Å²) in [6.45, 7) is 1.36. The molecule has 1 aromatic heterocycles. The van der Waals surface area contributed by atoms with Gasteiger partial charge in [0.25, 0.3) is 0 Å². The number of benzene rings is 2. The van der Waals surface area contributed by atoms with Crippen molar-refractivity contribution in [3.63, 3.8) is 0 Å². The summed E-state index contributed by atoms with van der Waals surface area (Å²) in [5.41, 5.74) is 10.4. The second-order valence-electron chi connectivity index (χ2n) is 11.1. The third-order valence-corrected chi connectivity index (χ3v) is 7.54. The fraction of sp³-hybridized carbons (Fsp3) is 0.441. The number of esters is 2. The van der Waals surface area contributed by atoms with Crippen LogP contribution in [0.4, 0.5) is 0 Å². The molecule has 0 unspecified atom stereocenters. The molecule has 1 aliphatic rings. The van der Waals surface area contributed by atoms with Gasteiger partial charge in [-0.2, -0.15) is 0 Å². The summed E-state index contributed by atoms with van der Waals surface area (Å²) in [5, 5.41) is 14.8. The number of hydrogen-bond acceptors (Lipinski definition) is 10. The quantitative estimate of drug-likeness (QED) is 0.0549. The fourth-order valence-corrected chi connectivity index (χ4v) is 5.22. The van der Waals surface area contributed by atoms with Crippen LogP contribution in [0.25, 0.3) is 10.4 Å². The Morgan fingerprint density at radius 2 is 1.65 bits per heavy atom. The maximum atomic E-state index is 13.3. The van der Waals surface area contributed by atoms with Crippen molar-refractivity contribution in [3.05, 3.63) is 94.1 Å². The van der Waals surface area contributed by atoms with Gasteiger partial charge in [-0.15, -0.1) is 17.4 Å². The van der Waals surface area contributed by atoms with Gasteiger partial charge in [0.15, 0.2) is 18.5 Å². The molecule has 0 radical (unpaired) electrons. The Hall–Kier alpha value is -5.22. The Morgan fingerprint density at radius 1 is 1.00 bits per heavy atom. The minimum Gasteiger partial charge on any atom is -0.452 e. The summed E-state index contributed by atoms with van der Waals surface area (Å²) in [4.78, 5) is 41.9. The number of rotatable bonds is 17. The molecule has 0 bridgehead atoms. The molecule has 0 saturated carbocycles. The predicted octanol–water partition coefficient (Wildman–Crippen LogP) is 4.41. The number of hydrogen-bond donors (Lipinski definition) is 1. The van der Waals surface area contributed by atoms with E-state index < -0.39 is 48.5 Å². The Kier molecular flexibility index (Phi) is 14.0. The number of amides is 1. The van der Waals surface area contributed by atoms with Gasteiger partial charge in [-0.1, -0.05) is 59.6 Å². The number of aromatic nitrogens is 3. The van der Waals surface area contributed by atoms with Crippen molar-refractivity contribution < 1.29 is 33.3 Å². The first-order valence-corrected chi connectivity index (χ1v) is 15.8. The predicted molar refractivity (Wildman–Crippen MR) is 173 cm³/mol. The fourth-order valence-electron chi connectivity index (χ4n) is 5.22. The number of nitrogens with zero attached hydrogens (tertiary/aromatic N) is 6. The van der Waals surface area contributed by atoms with Crippen LogP contribution in [0.5, 0.6) is 0 Å². The number of carbonyl (C=O) groups excluding carboxylic acids is 3. The van der Waals surface area contributed by atoms with E-state index in [-0.39, 0.29) is 24.3 Å². The lowest BCUT2D eigenvalue weighted by Crippen LogP contribution is -2.66. The van der Waals surface area contributed by atoms with E-state index in [0.29, 0.717) is 6.54 Å². The van der Waals surface area contributed by atoms with E-state index in [1.165, 1.54) is 6.92 Å². The summed E-state index contributed by atoms with van der Waals surface area (Å²) >= 11 is 0. The number of unbranched alkanes of at least 4 members (excludes halogenated alkanes) is 4. The van der Waals surface area contributed by atoms with Crippen molar-refractivity contribution in [2.45, 2.75) is 82.6 Å². The number of terminal acetylenes is 1. The first-order chi connectivity index (χ1) is 23.4. The van der Waals surface area contributed by atoms with Gasteiger partial charge in [-0.25, -0.2) is 14.3 Å². The summed E-state index contributed by atoms with van der Waals surface area (Å²) < 4.78 is 25.7. The lowest BCUT2D eigenvalue weighted by Gasteiger charge is -2.45. The average Bonchev–Trinajstić information content (AvgIpc) is 3.55. The Labute approximate surface area is 278 Å². The number of azide groups is 1. The lowest BCUT2D eigenvalue weighted by molar-refractivity contribution is -0.261. The Bertz CT molecular complexity index is 1570. The van der Waals surface area contributed by atoms with Crippen LogP contribution in [0.1, 0.15) is 65.4 Å². The monoisotopic (exact) mass is 657 g/mol. The normalized spacial score (nSPS) is 20.1. The molecule has 5 atom stereocenters. The van der Waals surface area contributed by atoms with Gasteiger partial charge >= 0.3 is 11.9 Å². The van der Waals surface area contributed by atoms with Gasteiger partial charge in [0, 0.05) is 24.5 Å². The second kappa shape index (κ2) is 18.8. The van der Waals surface area contributed by atoms with E-state index in [1.807, 2.05) is 6.20 Å². The zero-order valence-corrected chi connectivity index (χ0v) is 26.7. The summed E-state index contributed by atoms with van der Waals surface area (Å²) in [7, 11) is 0. The van der Waals surface area contributed by atoms with E-state index in [0.717, 1.165) is 44.2 Å². The molecule has 48 heavy (non-hydrogen) atoms. The molecule has 0 aliphatic carbocycles. The van der Waals surface area contributed by atoms with Crippen LogP contribution in [-0.2, 0) is 36.7 Å². The molecule has 1 saturated heterocycles. The number of ether oxygens (including phenoxy) is 4. The molecule has 14 heteroatoms. The molecule has 14 nitrogen and oxygen atoms in total. The van der Waals surface area contributed by atoms with Crippen LogP contribution in [0.3, 0.4) is 0 Å². The number of aryl methyl sites for hydroxylation is 1. The van der Waals surface area contributed by atoms with Crippen LogP contribution >= 0.6 is 0 Å². The highest BCUT2D eigenvalue weighted by Gasteiger charge is 2.51. The van der Waals surface area contributed by atoms with E-state index in [2.05, 4.69) is 31.6 Å². The highest BCUT2D eigenvalue weighted by molar-refractivity contribution is 5.90. The lowest BCUT2D eigenvalue weighted by atomic mass is 9.95. The second-order valence-corrected chi connectivity index (χ2v) is 11.1.